The molecule has 178 valence electrons. The Kier molecular flexibility index (Phi) is 7.89. The van der Waals surface area contributed by atoms with Gasteiger partial charge in [0.1, 0.15) is 17.7 Å². The monoisotopic (exact) mass is 462 g/mol. The van der Waals surface area contributed by atoms with Crippen LogP contribution in [0.3, 0.4) is 0 Å². The lowest BCUT2D eigenvalue weighted by Gasteiger charge is -2.25. The third-order valence-corrected chi connectivity index (χ3v) is 5.21. The van der Waals surface area contributed by atoms with Gasteiger partial charge >= 0.3 is 12.1 Å². The number of amides is 2. The van der Waals surface area contributed by atoms with Crippen molar-refractivity contribution in [3.63, 3.8) is 0 Å². The summed E-state index contributed by atoms with van der Waals surface area (Å²) in [5.41, 5.74) is 0.890. The number of nitrogens with one attached hydrogen (secondary N) is 2. The van der Waals surface area contributed by atoms with E-state index in [1.165, 1.54) is 0 Å². The third-order valence-electron chi connectivity index (χ3n) is 5.21. The van der Waals surface area contributed by atoms with Crippen molar-refractivity contribution in [3.8, 4) is 0 Å². The van der Waals surface area contributed by atoms with Crippen LogP contribution in [0.2, 0.25) is 0 Å². The predicted molar refractivity (Wildman–Crippen MR) is 131 cm³/mol. The molecule has 2 amide bonds. The number of hydrogen-bond donors (Lipinski definition) is 3. The molecule has 3 aromatic rings. The number of carbonyl (C=O) groups is 3. The van der Waals surface area contributed by atoms with Gasteiger partial charge in [0.2, 0.25) is 5.91 Å². The number of hydrogen-bond acceptors (Lipinski definition) is 4. The molecule has 0 heterocycles. The largest absolute Gasteiger partial charge is 0.480 e. The second-order valence-electron chi connectivity index (χ2n) is 9.13. The molecule has 0 radical (unpaired) electrons. The molecule has 0 fully saturated rings. The maximum absolute atomic E-state index is 13.2. The quantitative estimate of drug-likeness (QED) is 0.468. The smallest absolute Gasteiger partial charge is 0.408 e. The fourth-order valence-corrected chi connectivity index (χ4v) is 3.67. The average molecular weight is 463 g/mol. The molecule has 0 saturated carbocycles. The molecule has 7 heteroatoms. The van der Waals surface area contributed by atoms with E-state index in [4.69, 9.17) is 4.74 Å². The first-order valence-electron chi connectivity index (χ1n) is 11.2. The molecule has 0 aliphatic rings. The van der Waals surface area contributed by atoms with E-state index in [9.17, 15) is 19.5 Å². The highest BCUT2D eigenvalue weighted by Gasteiger charge is 2.29. The first-order valence-corrected chi connectivity index (χ1v) is 11.2. The van der Waals surface area contributed by atoms with Gasteiger partial charge in [0, 0.05) is 12.8 Å². The highest BCUT2D eigenvalue weighted by molar-refractivity contribution is 5.91. The van der Waals surface area contributed by atoms with Crippen molar-refractivity contribution in [2.24, 2.45) is 0 Å². The van der Waals surface area contributed by atoms with Crippen LogP contribution in [0.5, 0.6) is 0 Å². The summed E-state index contributed by atoms with van der Waals surface area (Å²) in [6.45, 7) is 5.18. The molecule has 3 aromatic carbocycles. The summed E-state index contributed by atoms with van der Waals surface area (Å²) < 4.78 is 5.31. The molecular formula is C27H30N2O5. The van der Waals surface area contributed by atoms with Gasteiger partial charge in [0.05, 0.1) is 0 Å². The van der Waals surface area contributed by atoms with E-state index in [2.05, 4.69) is 10.6 Å². The number of carbonyl (C=O) groups excluding carboxylic acids is 2. The zero-order valence-corrected chi connectivity index (χ0v) is 19.6. The van der Waals surface area contributed by atoms with E-state index in [-0.39, 0.29) is 12.8 Å². The molecule has 0 saturated heterocycles. The number of fused-ring (bicyclic) bond motifs is 1. The van der Waals surface area contributed by atoms with Crippen molar-refractivity contribution in [1.29, 1.82) is 0 Å². The molecule has 7 nitrogen and oxygen atoms in total. The molecule has 0 aliphatic carbocycles. The van der Waals surface area contributed by atoms with E-state index in [0.717, 1.165) is 21.9 Å². The Labute approximate surface area is 199 Å². The summed E-state index contributed by atoms with van der Waals surface area (Å²) in [5, 5.41) is 17.0. The normalized spacial score (nSPS) is 13.0. The van der Waals surface area contributed by atoms with Crippen LogP contribution in [0.25, 0.3) is 10.8 Å². The molecule has 3 rings (SSSR count). The van der Waals surface area contributed by atoms with Crippen LogP contribution in [0.1, 0.15) is 31.9 Å². The van der Waals surface area contributed by atoms with Crippen molar-refractivity contribution in [3.05, 3.63) is 83.9 Å². The highest BCUT2D eigenvalue weighted by Crippen LogP contribution is 2.20. The lowest BCUT2D eigenvalue weighted by atomic mass is 9.98. The lowest BCUT2D eigenvalue weighted by Crippen LogP contribution is -2.53. The van der Waals surface area contributed by atoms with Gasteiger partial charge in [0.15, 0.2) is 0 Å². The Morgan fingerprint density at radius 1 is 0.824 bits per heavy atom. The Balaban J connectivity index is 1.80. The van der Waals surface area contributed by atoms with Gasteiger partial charge in [-0.1, -0.05) is 72.8 Å². The zero-order valence-electron chi connectivity index (χ0n) is 19.6. The first-order chi connectivity index (χ1) is 16.1. The van der Waals surface area contributed by atoms with Gasteiger partial charge in [-0.15, -0.1) is 0 Å². The third kappa shape index (κ3) is 7.07. The molecule has 3 N–H and O–H groups in total. The van der Waals surface area contributed by atoms with Crippen LogP contribution in [0.4, 0.5) is 4.79 Å². The Bertz CT molecular complexity index is 1150. The van der Waals surface area contributed by atoms with E-state index >= 15 is 0 Å². The molecule has 0 aliphatic heterocycles. The number of ether oxygens (including phenoxy) is 1. The van der Waals surface area contributed by atoms with Crippen LogP contribution in [-0.2, 0) is 27.2 Å². The van der Waals surface area contributed by atoms with Crippen LogP contribution in [0, 0.1) is 0 Å². The first kappa shape index (κ1) is 24.8. The molecule has 34 heavy (non-hydrogen) atoms. The van der Waals surface area contributed by atoms with Gasteiger partial charge in [0.25, 0.3) is 0 Å². The van der Waals surface area contributed by atoms with Gasteiger partial charge in [-0.05, 0) is 42.7 Å². The summed E-state index contributed by atoms with van der Waals surface area (Å²) in [4.78, 5) is 37.6. The minimum Gasteiger partial charge on any atom is -0.480 e. The number of benzene rings is 3. The Morgan fingerprint density at radius 3 is 2.15 bits per heavy atom. The van der Waals surface area contributed by atoms with Gasteiger partial charge in [-0.3, -0.25) is 4.79 Å². The molecule has 0 spiro atoms. The number of carboxylic acids is 1. The van der Waals surface area contributed by atoms with Crippen molar-refractivity contribution in [2.75, 3.05) is 0 Å². The van der Waals surface area contributed by atoms with Crippen molar-refractivity contribution >= 4 is 28.7 Å². The molecule has 1 unspecified atom stereocenters. The predicted octanol–water partition coefficient (Wildman–Crippen LogP) is 4.09. The number of rotatable bonds is 8. The lowest BCUT2D eigenvalue weighted by molar-refractivity contribution is -0.142. The van der Waals surface area contributed by atoms with Gasteiger partial charge in [-0.25, -0.2) is 9.59 Å². The van der Waals surface area contributed by atoms with E-state index < -0.39 is 35.7 Å². The number of alkyl carbamates (subject to hydrolysis) is 1. The standard InChI is InChI=1S/C27H30N2O5/c1-27(2,3)34-26(33)29-22(16-18-10-5-4-6-11-18)24(30)28-23(25(31)32)17-20-14-9-13-19-12-7-8-15-21(19)20/h4-15,22-23H,16-17H2,1-3H3,(H,28,30)(H,29,33)(H,31,32)/t22-,23?/m1/s1. The van der Waals surface area contributed by atoms with Gasteiger partial charge < -0.3 is 20.5 Å². The van der Waals surface area contributed by atoms with Crippen molar-refractivity contribution in [1.82, 2.24) is 10.6 Å². The summed E-state index contributed by atoms with van der Waals surface area (Å²) in [6, 6.07) is 20.4. The molecule has 0 bridgehead atoms. The van der Waals surface area contributed by atoms with Crippen molar-refractivity contribution < 1.29 is 24.2 Å². The Morgan fingerprint density at radius 2 is 1.47 bits per heavy atom. The molecule has 2 atom stereocenters. The maximum Gasteiger partial charge on any atom is 0.408 e. The van der Waals surface area contributed by atoms with E-state index in [0.29, 0.717) is 0 Å². The highest BCUT2D eigenvalue weighted by atomic mass is 16.6. The van der Waals surface area contributed by atoms with E-state index in [1.54, 1.807) is 20.8 Å². The van der Waals surface area contributed by atoms with Crippen LogP contribution >= 0.6 is 0 Å². The molecular weight excluding hydrogens is 432 g/mol. The topological polar surface area (TPSA) is 105 Å². The van der Waals surface area contributed by atoms with Crippen LogP contribution in [0.15, 0.2) is 72.8 Å². The zero-order chi connectivity index (χ0) is 24.7. The summed E-state index contributed by atoms with van der Waals surface area (Å²) in [5.74, 6) is -1.75. The number of aliphatic carboxylic acids is 1. The average Bonchev–Trinajstić information content (AvgIpc) is 2.77. The summed E-state index contributed by atoms with van der Waals surface area (Å²) in [6.07, 6.45) is -0.455. The fraction of sp³-hybridized carbons (Fsp3) is 0.296. The second-order valence-corrected chi connectivity index (χ2v) is 9.13. The van der Waals surface area contributed by atoms with Crippen LogP contribution < -0.4 is 10.6 Å². The van der Waals surface area contributed by atoms with Crippen LogP contribution in [-0.4, -0.2) is 40.8 Å². The minimum absolute atomic E-state index is 0.104. The summed E-state index contributed by atoms with van der Waals surface area (Å²) >= 11 is 0. The maximum atomic E-state index is 13.2. The fourth-order valence-electron chi connectivity index (χ4n) is 3.67. The minimum atomic E-state index is -1.17. The molecule has 0 aromatic heterocycles. The second kappa shape index (κ2) is 10.8. The Hall–Kier alpha value is -3.87. The summed E-state index contributed by atoms with van der Waals surface area (Å²) in [7, 11) is 0. The van der Waals surface area contributed by atoms with Gasteiger partial charge in [-0.2, -0.15) is 0 Å². The number of carboxylic acid groups (broad SMARTS) is 1. The van der Waals surface area contributed by atoms with E-state index in [1.807, 2.05) is 72.8 Å². The SMILES string of the molecule is CC(C)(C)OC(=O)N[C@H](Cc1ccccc1)C(=O)NC(Cc1cccc2ccccc12)C(=O)O. The van der Waals surface area contributed by atoms with Crippen molar-refractivity contribution in [2.45, 2.75) is 51.3 Å².